The van der Waals surface area contributed by atoms with Crippen LogP contribution in [0.2, 0.25) is 0 Å². The van der Waals surface area contributed by atoms with Gasteiger partial charge in [-0.05, 0) is 43.3 Å². The fraction of sp³-hybridized carbons (Fsp3) is 0.115. The van der Waals surface area contributed by atoms with Crippen LogP contribution in [0.3, 0.4) is 0 Å². The molecule has 0 saturated carbocycles. The fourth-order valence-electron chi connectivity index (χ4n) is 3.39. The largest absolute Gasteiger partial charge is 0.493 e. The number of ether oxygens (including phenoxy) is 2. The van der Waals surface area contributed by atoms with Crippen molar-refractivity contribution in [3.8, 4) is 11.5 Å². The van der Waals surface area contributed by atoms with Crippen LogP contribution < -0.4 is 20.2 Å². The Kier molecular flexibility index (Phi) is 7.74. The maximum Gasteiger partial charge on any atom is 0.281 e. The molecule has 0 aliphatic heterocycles. The number of aryl methyl sites for hydroxylation is 1. The smallest absolute Gasteiger partial charge is 0.281 e. The van der Waals surface area contributed by atoms with E-state index >= 15 is 0 Å². The van der Waals surface area contributed by atoms with E-state index in [1.807, 2.05) is 19.1 Å². The Hall–Kier alpha value is -4.77. The fourth-order valence-corrected chi connectivity index (χ4v) is 4.33. The predicted molar refractivity (Wildman–Crippen MR) is 142 cm³/mol. The van der Waals surface area contributed by atoms with Crippen molar-refractivity contribution < 1.29 is 24.0 Å². The number of benzene rings is 3. The molecule has 0 aliphatic carbocycles. The van der Waals surface area contributed by atoms with Crippen molar-refractivity contribution in [1.82, 2.24) is 5.43 Å². The minimum Gasteiger partial charge on any atom is -0.493 e. The van der Waals surface area contributed by atoms with E-state index in [4.69, 9.17) is 9.47 Å². The number of nitro groups is 1. The molecule has 0 unspecified atom stereocenters. The molecule has 1 aromatic heterocycles. The van der Waals surface area contributed by atoms with Gasteiger partial charge in [0.1, 0.15) is 0 Å². The standard InChI is InChI=1S/C26H22N4O6S/c1-16-6-8-19(9-7-16)28-24(31)15-36-25-17(4-3-5-21(25)35-2)14-27-29-26(32)23-13-18-12-20(30(33)34)10-11-22(18)37-23/h3-14H,15H2,1-2H3,(H,28,31)(H,29,32)/b27-14-. The van der Waals surface area contributed by atoms with Crippen molar-refractivity contribution in [2.75, 3.05) is 19.0 Å². The third-order valence-corrected chi connectivity index (χ3v) is 6.33. The molecule has 0 spiro atoms. The normalized spacial score (nSPS) is 10.9. The molecule has 0 bridgehead atoms. The number of non-ortho nitro benzene ring substituents is 1. The molecule has 188 valence electrons. The van der Waals surface area contributed by atoms with Crippen molar-refractivity contribution in [2.24, 2.45) is 5.10 Å². The van der Waals surface area contributed by atoms with Gasteiger partial charge in [0.15, 0.2) is 18.1 Å². The summed E-state index contributed by atoms with van der Waals surface area (Å²) in [5.74, 6) is -0.139. The molecule has 37 heavy (non-hydrogen) atoms. The van der Waals surface area contributed by atoms with Crippen LogP contribution in [-0.4, -0.2) is 36.7 Å². The summed E-state index contributed by atoms with van der Waals surface area (Å²) in [6.45, 7) is 1.69. The lowest BCUT2D eigenvalue weighted by molar-refractivity contribution is -0.384. The van der Waals surface area contributed by atoms with Crippen LogP contribution >= 0.6 is 11.3 Å². The molecule has 10 nitrogen and oxygen atoms in total. The third kappa shape index (κ3) is 6.27. The van der Waals surface area contributed by atoms with Gasteiger partial charge < -0.3 is 14.8 Å². The third-order valence-electron chi connectivity index (χ3n) is 5.22. The topological polar surface area (TPSA) is 132 Å². The van der Waals surface area contributed by atoms with Crippen molar-refractivity contribution in [3.05, 3.63) is 92.8 Å². The highest BCUT2D eigenvalue weighted by Crippen LogP contribution is 2.31. The van der Waals surface area contributed by atoms with Crippen molar-refractivity contribution in [3.63, 3.8) is 0 Å². The average molecular weight is 519 g/mol. The second-order valence-electron chi connectivity index (χ2n) is 7.87. The van der Waals surface area contributed by atoms with Crippen molar-refractivity contribution >= 4 is 50.8 Å². The number of fused-ring (bicyclic) bond motifs is 1. The monoisotopic (exact) mass is 518 g/mol. The van der Waals surface area contributed by atoms with Gasteiger partial charge >= 0.3 is 0 Å². The zero-order chi connectivity index (χ0) is 26.4. The Morgan fingerprint density at radius 3 is 2.62 bits per heavy atom. The first-order chi connectivity index (χ1) is 17.8. The Balaban J connectivity index is 1.43. The number of nitrogens with zero attached hydrogens (tertiary/aromatic N) is 2. The summed E-state index contributed by atoms with van der Waals surface area (Å²) in [4.78, 5) is 35.8. The van der Waals surface area contributed by atoms with Crippen LogP contribution in [-0.2, 0) is 4.79 Å². The molecule has 4 aromatic rings. The van der Waals surface area contributed by atoms with Gasteiger partial charge in [-0.3, -0.25) is 19.7 Å². The molecule has 1 heterocycles. The van der Waals surface area contributed by atoms with E-state index in [-0.39, 0.29) is 24.0 Å². The van der Waals surface area contributed by atoms with E-state index < -0.39 is 10.8 Å². The first kappa shape index (κ1) is 25.3. The molecule has 0 atom stereocenters. The number of carbonyl (C=O) groups is 2. The second-order valence-corrected chi connectivity index (χ2v) is 8.95. The van der Waals surface area contributed by atoms with Crippen LogP contribution in [0, 0.1) is 17.0 Å². The second kappa shape index (κ2) is 11.3. The van der Waals surface area contributed by atoms with Crippen molar-refractivity contribution in [2.45, 2.75) is 6.92 Å². The Labute approximate surface area is 215 Å². The van der Waals surface area contributed by atoms with Gasteiger partial charge in [-0.15, -0.1) is 11.3 Å². The lowest BCUT2D eigenvalue weighted by Crippen LogP contribution is -2.21. The van der Waals surface area contributed by atoms with Gasteiger partial charge in [-0.25, -0.2) is 5.43 Å². The number of amides is 2. The molecular weight excluding hydrogens is 496 g/mol. The van der Waals surface area contributed by atoms with Gasteiger partial charge in [0, 0.05) is 33.5 Å². The minimum absolute atomic E-state index is 0.0478. The summed E-state index contributed by atoms with van der Waals surface area (Å²) >= 11 is 1.20. The molecular formula is C26H22N4O6S. The first-order valence-corrected chi connectivity index (χ1v) is 11.8. The molecule has 4 rings (SSSR count). The van der Waals surface area contributed by atoms with E-state index in [9.17, 15) is 19.7 Å². The number of hydrogen-bond donors (Lipinski definition) is 2. The van der Waals surface area contributed by atoms with Crippen LogP contribution in [0.5, 0.6) is 11.5 Å². The van der Waals surface area contributed by atoms with Gasteiger partial charge in [-0.2, -0.15) is 5.10 Å². The molecule has 0 aliphatic rings. The van der Waals surface area contributed by atoms with Crippen LogP contribution in [0.4, 0.5) is 11.4 Å². The molecule has 0 saturated heterocycles. The van der Waals surface area contributed by atoms with Gasteiger partial charge in [-0.1, -0.05) is 23.8 Å². The Morgan fingerprint density at radius 1 is 1.11 bits per heavy atom. The summed E-state index contributed by atoms with van der Waals surface area (Å²) in [5.41, 5.74) is 4.61. The van der Waals surface area contributed by atoms with E-state index in [1.54, 1.807) is 42.5 Å². The maximum absolute atomic E-state index is 12.6. The van der Waals surface area contributed by atoms with Gasteiger partial charge in [0.25, 0.3) is 17.5 Å². The Morgan fingerprint density at radius 2 is 1.89 bits per heavy atom. The SMILES string of the molecule is COc1cccc(/C=N\NC(=O)c2cc3cc([N+](=O)[O-])ccc3s2)c1OCC(=O)Nc1ccc(C)cc1. The van der Waals surface area contributed by atoms with E-state index in [2.05, 4.69) is 15.8 Å². The van der Waals surface area contributed by atoms with E-state index in [0.717, 1.165) is 10.3 Å². The maximum atomic E-state index is 12.6. The minimum atomic E-state index is -0.485. The zero-order valence-electron chi connectivity index (χ0n) is 19.9. The molecule has 0 fully saturated rings. The Bertz CT molecular complexity index is 1500. The highest BCUT2D eigenvalue weighted by atomic mass is 32.1. The summed E-state index contributed by atoms with van der Waals surface area (Å²) in [6, 6.07) is 18.5. The predicted octanol–water partition coefficient (Wildman–Crippen LogP) is 4.91. The average Bonchev–Trinajstić information content (AvgIpc) is 3.32. The molecule has 2 N–H and O–H groups in total. The number of carbonyl (C=O) groups excluding carboxylic acids is 2. The molecule has 2 amide bonds. The molecule has 11 heteroatoms. The van der Waals surface area contributed by atoms with E-state index in [1.165, 1.54) is 36.8 Å². The van der Waals surface area contributed by atoms with Crippen LogP contribution in [0.1, 0.15) is 20.8 Å². The highest BCUT2D eigenvalue weighted by Gasteiger charge is 2.14. The number of hydrazone groups is 1. The highest BCUT2D eigenvalue weighted by molar-refractivity contribution is 7.20. The zero-order valence-corrected chi connectivity index (χ0v) is 20.7. The number of nitro benzene ring substituents is 1. The summed E-state index contributed by atoms with van der Waals surface area (Å²) < 4.78 is 11.8. The lowest BCUT2D eigenvalue weighted by atomic mass is 10.2. The number of thiophene rings is 1. The molecule has 0 radical (unpaired) electrons. The first-order valence-electron chi connectivity index (χ1n) is 11.0. The summed E-state index contributed by atoms with van der Waals surface area (Å²) in [7, 11) is 1.48. The van der Waals surface area contributed by atoms with Crippen LogP contribution in [0.25, 0.3) is 10.1 Å². The number of anilines is 1. The number of hydrogen-bond acceptors (Lipinski definition) is 8. The number of para-hydroxylation sites is 1. The van der Waals surface area contributed by atoms with Crippen molar-refractivity contribution in [1.29, 1.82) is 0 Å². The summed E-state index contributed by atoms with van der Waals surface area (Å²) in [5, 5.41) is 18.4. The summed E-state index contributed by atoms with van der Waals surface area (Å²) in [6.07, 6.45) is 1.38. The number of methoxy groups -OCH3 is 1. The lowest BCUT2D eigenvalue weighted by Gasteiger charge is -2.13. The van der Waals surface area contributed by atoms with Gasteiger partial charge in [0.2, 0.25) is 0 Å². The number of rotatable bonds is 9. The van der Waals surface area contributed by atoms with Gasteiger partial charge in [0.05, 0.1) is 23.1 Å². The van der Waals surface area contributed by atoms with E-state index in [0.29, 0.717) is 27.3 Å². The van der Waals surface area contributed by atoms with Crippen LogP contribution in [0.15, 0.2) is 71.8 Å². The molecule has 3 aromatic carbocycles. The number of nitrogens with one attached hydrogen (secondary N) is 2. The quantitative estimate of drug-likeness (QED) is 0.184.